The zero-order valence-corrected chi connectivity index (χ0v) is 18.1. The second kappa shape index (κ2) is 10.1. The van der Waals surface area contributed by atoms with Crippen LogP contribution in [0.5, 0.6) is 0 Å². The van der Waals surface area contributed by atoms with Gasteiger partial charge >= 0.3 is 42.1 Å². The van der Waals surface area contributed by atoms with Gasteiger partial charge in [-0.3, -0.25) is 0 Å². The molecule has 0 radical (unpaired) electrons. The van der Waals surface area contributed by atoms with Gasteiger partial charge in [0.15, 0.2) is 0 Å². The summed E-state index contributed by atoms with van der Waals surface area (Å²) in [6.07, 6.45) is 0. The predicted molar refractivity (Wildman–Crippen MR) is 109 cm³/mol. The molecule has 127 valence electrons. The van der Waals surface area contributed by atoms with Gasteiger partial charge in [-0.25, -0.2) is 0 Å². The average Bonchev–Trinajstić information content (AvgIpc) is 2.63. The first-order valence-corrected chi connectivity index (χ1v) is 16.4. The number of halogens is 4. The zero-order valence-electron chi connectivity index (χ0n) is 12.5. The zero-order chi connectivity index (χ0) is 17.4. The summed E-state index contributed by atoms with van der Waals surface area (Å²) in [4.78, 5) is 0. The van der Waals surface area contributed by atoms with E-state index in [-0.39, 0.29) is 0 Å². The molecule has 0 amide bonds. The fourth-order valence-electron chi connectivity index (χ4n) is 2.35. The molecule has 3 aromatic rings. The molecule has 0 fully saturated rings. The molecule has 0 saturated carbocycles. The quantitative estimate of drug-likeness (QED) is 0.294. The Balaban J connectivity index is 0.000000471. The van der Waals surface area contributed by atoms with Crippen LogP contribution in [0, 0.1) is 0 Å². The minimum absolute atomic E-state index is 1.19. The van der Waals surface area contributed by atoms with Crippen LogP contribution in [0.4, 0.5) is 0 Å². The van der Waals surface area contributed by atoms with Gasteiger partial charge in [0.2, 0.25) is 6.62 Å². The van der Waals surface area contributed by atoms with E-state index in [0.717, 1.165) is 0 Å². The van der Waals surface area contributed by atoms with E-state index >= 15 is 0 Å². The maximum atomic E-state index is 7.23. The molecule has 0 nitrogen and oxygen atoms in total. The molecule has 0 bridgehead atoms. The molecule has 0 N–H and O–H groups in total. The van der Waals surface area contributed by atoms with Crippen molar-refractivity contribution in [1.82, 2.24) is 0 Å². The van der Waals surface area contributed by atoms with Crippen LogP contribution in [0.3, 0.4) is 0 Å². The summed E-state index contributed by atoms with van der Waals surface area (Å²) in [6, 6.07) is 31.2. The second-order valence-electron chi connectivity index (χ2n) is 4.75. The van der Waals surface area contributed by atoms with E-state index in [1.54, 1.807) is 0 Å². The molecular weight excluding hydrogens is 490 g/mol. The molecule has 0 spiro atoms. The van der Waals surface area contributed by atoms with Gasteiger partial charge in [0, 0.05) is 0 Å². The van der Waals surface area contributed by atoms with Crippen molar-refractivity contribution in [3.8, 4) is 0 Å². The van der Waals surface area contributed by atoms with Gasteiger partial charge < -0.3 is 0 Å². The standard InChI is InChI=1S/C18H15ClP.3ClH.Ru/c19-20(16-10-4-1-5-11-16,17-12-6-2-7-13-17)18-14-8-3-9-15-18;;;;/h1-15H;3*1H;/q+1;;;;+3/p-3. The Kier molecular flexibility index (Phi) is 8.52. The van der Waals surface area contributed by atoms with E-state index < -0.39 is 19.6 Å². The Hall–Kier alpha value is -0.127. The molecule has 0 atom stereocenters. The maximum absolute atomic E-state index is 7.23. The summed E-state index contributed by atoms with van der Waals surface area (Å²) in [5.74, 6) is 0. The van der Waals surface area contributed by atoms with Crippen LogP contribution in [0.25, 0.3) is 0 Å². The average molecular weight is 505 g/mol. The third kappa shape index (κ3) is 5.44. The van der Waals surface area contributed by atoms with Gasteiger partial charge in [-0.05, 0) is 36.4 Å². The summed E-state index contributed by atoms with van der Waals surface area (Å²) in [5, 5.41) is 3.58. The molecule has 0 aromatic heterocycles. The third-order valence-electron chi connectivity index (χ3n) is 3.34. The van der Waals surface area contributed by atoms with Crippen molar-refractivity contribution >= 4 is 62.8 Å². The van der Waals surface area contributed by atoms with Crippen molar-refractivity contribution in [2.75, 3.05) is 0 Å². The fraction of sp³-hybridized carbons (Fsp3) is 0. The Morgan fingerprint density at radius 1 is 0.500 bits per heavy atom. The summed E-state index contributed by atoms with van der Waals surface area (Å²) < 4.78 is 0. The molecule has 6 heteroatoms. The minimum atomic E-state index is -2.05. The van der Waals surface area contributed by atoms with E-state index in [1.807, 2.05) is 18.2 Å². The SMILES string of the molecule is Cl[P+](c1ccccc1)(c1ccccc1)c1ccccc1.[Cl][Ru]([Cl])[Cl]. The molecule has 0 heterocycles. The van der Waals surface area contributed by atoms with Crippen LogP contribution in [-0.4, -0.2) is 0 Å². The van der Waals surface area contributed by atoms with E-state index in [9.17, 15) is 0 Å². The van der Waals surface area contributed by atoms with E-state index in [1.165, 1.54) is 15.9 Å². The number of benzene rings is 3. The van der Waals surface area contributed by atoms with Gasteiger partial charge in [0.1, 0.15) is 27.2 Å². The third-order valence-corrected chi connectivity index (χ3v) is 8.12. The van der Waals surface area contributed by atoms with Gasteiger partial charge in [-0.2, -0.15) is 0 Å². The topological polar surface area (TPSA) is 0 Å². The predicted octanol–water partition coefficient (Wildman–Crippen LogP) is 6.20. The van der Waals surface area contributed by atoms with Crippen LogP contribution in [-0.2, 0) is 13.0 Å². The summed E-state index contributed by atoms with van der Waals surface area (Å²) in [6.45, 7) is -2.05. The molecule has 0 aliphatic heterocycles. The number of hydrogen-bond acceptors (Lipinski definition) is 0. The summed E-state index contributed by atoms with van der Waals surface area (Å²) in [7, 11) is 14.8. The van der Waals surface area contributed by atoms with Crippen molar-refractivity contribution < 1.29 is 13.0 Å². The van der Waals surface area contributed by atoms with Crippen LogP contribution in [0.15, 0.2) is 91.0 Å². The molecule has 0 aliphatic carbocycles. The van der Waals surface area contributed by atoms with E-state index in [4.69, 9.17) is 40.3 Å². The fourth-order valence-corrected chi connectivity index (χ4v) is 6.00. The van der Waals surface area contributed by atoms with Crippen LogP contribution < -0.4 is 15.9 Å². The first-order valence-electron chi connectivity index (χ1n) is 6.97. The van der Waals surface area contributed by atoms with Crippen LogP contribution in [0.1, 0.15) is 0 Å². The Morgan fingerprint density at radius 2 is 0.708 bits per heavy atom. The summed E-state index contributed by atoms with van der Waals surface area (Å²) in [5.41, 5.74) is 0. The molecular formula is C18H15Cl4PRu+. The Morgan fingerprint density at radius 3 is 0.917 bits per heavy atom. The molecule has 3 aromatic carbocycles. The van der Waals surface area contributed by atoms with Crippen molar-refractivity contribution in [3.63, 3.8) is 0 Å². The first kappa shape index (κ1) is 20.2. The number of hydrogen-bond donors (Lipinski definition) is 0. The Bertz CT molecular complexity index is 624. The van der Waals surface area contributed by atoms with Crippen LogP contribution in [0.2, 0.25) is 0 Å². The van der Waals surface area contributed by atoms with E-state index in [2.05, 4.69) is 72.8 Å². The molecule has 3 rings (SSSR count). The van der Waals surface area contributed by atoms with Crippen molar-refractivity contribution in [2.24, 2.45) is 0 Å². The van der Waals surface area contributed by atoms with Gasteiger partial charge in [-0.1, -0.05) is 54.6 Å². The van der Waals surface area contributed by atoms with E-state index in [0.29, 0.717) is 0 Å². The number of rotatable bonds is 3. The molecule has 0 saturated heterocycles. The van der Waals surface area contributed by atoms with Crippen molar-refractivity contribution in [2.45, 2.75) is 0 Å². The normalized spacial score (nSPS) is 11.2. The second-order valence-corrected chi connectivity index (χ2v) is 16.9. The van der Waals surface area contributed by atoms with Gasteiger partial charge in [0.05, 0.1) is 0 Å². The van der Waals surface area contributed by atoms with Crippen LogP contribution >= 0.6 is 46.9 Å². The van der Waals surface area contributed by atoms with Crippen molar-refractivity contribution in [3.05, 3.63) is 91.0 Å². The molecule has 0 unspecified atom stereocenters. The Labute approximate surface area is 165 Å². The monoisotopic (exact) mass is 504 g/mol. The first-order chi connectivity index (χ1) is 11.5. The van der Waals surface area contributed by atoms with Gasteiger partial charge in [0.25, 0.3) is 0 Å². The van der Waals surface area contributed by atoms with Gasteiger partial charge in [-0.15, -0.1) is 0 Å². The summed E-state index contributed by atoms with van der Waals surface area (Å²) >= 11 is 5.47. The van der Waals surface area contributed by atoms with Crippen molar-refractivity contribution in [1.29, 1.82) is 0 Å². The molecule has 24 heavy (non-hydrogen) atoms. The molecule has 0 aliphatic rings.